The van der Waals surface area contributed by atoms with Crippen molar-refractivity contribution in [3.63, 3.8) is 0 Å². The molecule has 0 bridgehead atoms. The average Bonchev–Trinajstić information content (AvgIpc) is 2.71. The van der Waals surface area contributed by atoms with Crippen LogP contribution in [-0.4, -0.2) is 25.2 Å². The van der Waals surface area contributed by atoms with E-state index in [9.17, 15) is 0 Å². The summed E-state index contributed by atoms with van der Waals surface area (Å²) in [7, 11) is 1.85. The number of aromatic nitrogens is 5. The maximum Gasteiger partial charge on any atom is 0.137 e. The second kappa shape index (κ2) is 4.21. The Kier molecular flexibility index (Phi) is 3.21. The number of aryl methyl sites for hydroxylation is 1. The summed E-state index contributed by atoms with van der Waals surface area (Å²) in [5, 5.41) is 14.6. The Morgan fingerprint density at radius 1 is 1.50 bits per heavy atom. The van der Waals surface area contributed by atoms with Gasteiger partial charge in [0.15, 0.2) is 0 Å². The van der Waals surface area contributed by atoms with Crippen LogP contribution in [-0.2, 0) is 13.6 Å². The summed E-state index contributed by atoms with van der Waals surface area (Å²) < 4.78 is 1.71. The molecule has 0 aliphatic carbocycles. The molecule has 2 aromatic rings. The monoisotopic (exact) mass is 214 g/mol. The van der Waals surface area contributed by atoms with Gasteiger partial charge < -0.3 is 5.73 Å². The van der Waals surface area contributed by atoms with Crippen LogP contribution in [0.2, 0.25) is 0 Å². The van der Waals surface area contributed by atoms with E-state index in [1.807, 2.05) is 19.3 Å². The first-order valence-electron chi connectivity index (χ1n) is 3.91. The molecular formula is C7H11ClN6. The highest BCUT2D eigenvalue weighted by molar-refractivity contribution is 5.85. The molecule has 14 heavy (non-hydrogen) atoms. The minimum absolute atomic E-state index is 0. The van der Waals surface area contributed by atoms with Crippen LogP contribution >= 0.6 is 12.4 Å². The smallest absolute Gasteiger partial charge is 0.137 e. The molecule has 3 N–H and O–H groups in total. The highest BCUT2D eigenvalue weighted by Gasteiger charge is 2.10. The Morgan fingerprint density at radius 3 is 2.86 bits per heavy atom. The van der Waals surface area contributed by atoms with Crippen molar-refractivity contribution in [3.05, 3.63) is 18.0 Å². The third-order valence-electron chi connectivity index (χ3n) is 1.77. The molecule has 0 radical (unpaired) electrons. The maximum absolute atomic E-state index is 5.48. The molecule has 0 unspecified atom stereocenters. The lowest BCUT2D eigenvalue weighted by atomic mass is 10.2. The van der Waals surface area contributed by atoms with Gasteiger partial charge in [-0.15, -0.1) is 12.4 Å². The number of hydrogen-bond acceptors (Lipinski definition) is 4. The zero-order chi connectivity index (χ0) is 9.26. The Morgan fingerprint density at radius 2 is 2.29 bits per heavy atom. The van der Waals surface area contributed by atoms with E-state index in [0.717, 1.165) is 17.1 Å². The second-order valence-electron chi connectivity index (χ2n) is 2.70. The first kappa shape index (κ1) is 10.7. The molecule has 2 aromatic heterocycles. The van der Waals surface area contributed by atoms with E-state index in [1.165, 1.54) is 0 Å². The largest absolute Gasteiger partial charge is 0.325 e. The molecule has 0 amide bonds. The average molecular weight is 215 g/mol. The van der Waals surface area contributed by atoms with Gasteiger partial charge in [0.25, 0.3) is 0 Å². The van der Waals surface area contributed by atoms with Crippen LogP contribution in [0.1, 0.15) is 5.69 Å². The molecule has 2 rings (SSSR count). The molecule has 0 atom stereocenters. The minimum Gasteiger partial charge on any atom is -0.325 e. The number of halogens is 1. The zero-order valence-corrected chi connectivity index (χ0v) is 8.45. The van der Waals surface area contributed by atoms with Crippen LogP contribution in [0.4, 0.5) is 0 Å². The molecule has 0 spiro atoms. The first-order chi connectivity index (χ1) is 6.31. The number of rotatable bonds is 2. The number of nitrogens with one attached hydrogen (secondary N) is 1. The van der Waals surface area contributed by atoms with Crippen LogP contribution in [0.15, 0.2) is 12.3 Å². The predicted octanol–water partition coefficient (Wildman–Crippen LogP) is 0.0857. The van der Waals surface area contributed by atoms with Gasteiger partial charge in [0.05, 0.1) is 0 Å². The predicted molar refractivity (Wildman–Crippen MR) is 53.7 cm³/mol. The fourth-order valence-electron chi connectivity index (χ4n) is 1.14. The summed E-state index contributed by atoms with van der Waals surface area (Å²) >= 11 is 0. The lowest BCUT2D eigenvalue weighted by Crippen LogP contribution is -1.99. The third-order valence-corrected chi connectivity index (χ3v) is 1.77. The topological polar surface area (TPSA) is 85.4 Å². The molecule has 0 aliphatic rings. The normalized spacial score (nSPS) is 9.86. The van der Waals surface area contributed by atoms with Gasteiger partial charge in [0.2, 0.25) is 0 Å². The van der Waals surface area contributed by atoms with Gasteiger partial charge in [-0.1, -0.05) is 0 Å². The van der Waals surface area contributed by atoms with Gasteiger partial charge in [-0.3, -0.25) is 4.68 Å². The quantitative estimate of drug-likeness (QED) is 0.742. The molecule has 0 saturated carbocycles. The molecular weight excluding hydrogens is 204 g/mol. The highest BCUT2D eigenvalue weighted by atomic mass is 35.5. The van der Waals surface area contributed by atoms with Crippen LogP contribution in [0, 0.1) is 0 Å². The molecule has 0 aromatic carbocycles. The van der Waals surface area contributed by atoms with Crippen molar-refractivity contribution >= 4 is 12.4 Å². The number of hydrogen-bond donors (Lipinski definition) is 2. The second-order valence-corrected chi connectivity index (χ2v) is 2.70. The summed E-state index contributed by atoms with van der Waals surface area (Å²) in [4.78, 5) is 0. The van der Waals surface area contributed by atoms with E-state index in [2.05, 4.69) is 20.5 Å². The van der Waals surface area contributed by atoms with Crippen molar-refractivity contribution in [2.24, 2.45) is 12.8 Å². The van der Waals surface area contributed by atoms with Crippen LogP contribution in [0.3, 0.4) is 0 Å². The Balaban J connectivity index is 0.000000980. The van der Waals surface area contributed by atoms with Gasteiger partial charge in [0, 0.05) is 19.8 Å². The summed E-state index contributed by atoms with van der Waals surface area (Å²) in [6.45, 7) is 0.363. The van der Waals surface area contributed by atoms with Gasteiger partial charge in [-0.05, 0) is 6.07 Å². The van der Waals surface area contributed by atoms with E-state index in [0.29, 0.717) is 6.54 Å². The van der Waals surface area contributed by atoms with E-state index in [-0.39, 0.29) is 12.4 Å². The van der Waals surface area contributed by atoms with Gasteiger partial charge in [-0.2, -0.15) is 20.5 Å². The maximum atomic E-state index is 5.48. The fourth-order valence-corrected chi connectivity index (χ4v) is 1.14. The summed E-state index contributed by atoms with van der Waals surface area (Å²) in [5.41, 5.74) is 7.73. The van der Waals surface area contributed by atoms with Gasteiger partial charge in [0.1, 0.15) is 17.1 Å². The SMILES string of the molecule is Cl.Cn1ccc(-c2n[nH]nc2CN)n1. The Labute approximate surface area is 86.9 Å². The highest BCUT2D eigenvalue weighted by Crippen LogP contribution is 2.15. The van der Waals surface area contributed by atoms with Gasteiger partial charge in [-0.25, -0.2) is 0 Å². The fraction of sp³-hybridized carbons (Fsp3) is 0.286. The van der Waals surface area contributed by atoms with E-state index >= 15 is 0 Å². The van der Waals surface area contributed by atoms with Crippen molar-refractivity contribution in [2.75, 3.05) is 0 Å². The van der Waals surface area contributed by atoms with Crippen molar-refractivity contribution in [2.45, 2.75) is 6.54 Å². The van der Waals surface area contributed by atoms with Crippen molar-refractivity contribution in [1.82, 2.24) is 25.2 Å². The van der Waals surface area contributed by atoms with Crippen molar-refractivity contribution in [3.8, 4) is 11.4 Å². The molecule has 7 heteroatoms. The molecule has 0 fully saturated rings. The van der Waals surface area contributed by atoms with E-state index in [4.69, 9.17) is 5.73 Å². The summed E-state index contributed by atoms with van der Waals surface area (Å²) in [6, 6.07) is 1.87. The molecule has 0 aliphatic heterocycles. The Bertz CT molecular complexity index is 406. The van der Waals surface area contributed by atoms with Crippen LogP contribution in [0.5, 0.6) is 0 Å². The van der Waals surface area contributed by atoms with Gasteiger partial charge >= 0.3 is 0 Å². The minimum atomic E-state index is 0. The lowest BCUT2D eigenvalue weighted by molar-refractivity contribution is 0.769. The molecule has 0 saturated heterocycles. The Hall–Kier alpha value is -1.40. The lowest BCUT2D eigenvalue weighted by Gasteiger charge is -1.91. The van der Waals surface area contributed by atoms with E-state index < -0.39 is 0 Å². The third kappa shape index (κ3) is 1.75. The van der Waals surface area contributed by atoms with Crippen LogP contribution in [0.25, 0.3) is 11.4 Å². The van der Waals surface area contributed by atoms with Crippen molar-refractivity contribution < 1.29 is 0 Å². The summed E-state index contributed by atoms with van der Waals surface area (Å²) in [6.07, 6.45) is 1.85. The molecule has 76 valence electrons. The number of H-pyrrole nitrogens is 1. The number of nitrogens with two attached hydrogens (primary N) is 1. The molecule has 2 heterocycles. The number of aromatic amines is 1. The number of nitrogens with zero attached hydrogens (tertiary/aromatic N) is 4. The summed E-state index contributed by atoms with van der Waals surface area (Å²) in [5.74, 6) is 0. The van der Waals surface area contributed by atoms with Crippen LogP contribution < -0.4 is 5.73 Å². The zero-order valence-electron chi connectivity index (χ0n) is 7.64. The molecule has 6 nitrogen and oxygen atoms in total. The standard InChI is InChI=1S/C7H10N6.ClH/c1-13-3-2-5(11-13)7-6(4-8)9-12-10-7;/h2-3H,4,8H2,1H3,(H,9,10,12);1H. The van der Waals surface area contributed by atoms with Crippen molar-refractivity contribution in [1.29, 1.82) is 0 Å². The first-order valence-corrected chi connectivity index (χ1v) is 3.91. The van der Waals surface area contributed by atoms with E-state index in [1.54, 1.807) is 4.68 Å².